The Labute approximate surface area is 171 Å². The predicted octanol–water partition coefficient (Wildman–Crippen LogP) is 2.55. The molecule has 7 heteroatoms. The van der Waals surface area contributed by atoms with E-state index in [4.69, 9.17) is 4.65 Å². The fourth-order valence-corrected chi connectivity index (χ4v) is 5.11. The Hall–Kier alpha value is -2.90. The quantitative estimate of drug-likeness (QED) is 0.612. The molecule has 1 aliphatic rings. The Bertz CT molecular complexity index is 1100. The molecule has 3 aromatic carbocycles. The topological polar surface area (TPSA) is 63.7 Å². The minimum atomic E-state index is -3.97. The SMILES string of the molecule is Cc1ccc(S(=O)(=O)N2B(c3ccccc3)OC(=O)[C@@H]2Cc2ccccc2)cc1. The first kappa shape index (κ1) is 19.4. The van der Waals surface area contributed by atoms with Crippen molar-refractivity contribution in [3.63, 3.8) is 0 Å². The normalized spacial score (nSPS) is 17.3. The summed E-state index contributed by atoms with van der Waals surface area (Å²) in [5.41, 5.74) is 2.44. The molecule has 1 aliphatic heterocycles. The lowest BCUT2D eigenvalue weighted by Crippen LogP contribution is -2.51. The molecule has 0 aliphatic carbocycles. The fourth-order valence-electron chi connectivity index (χ4n) is 3.48. The van der Waals surface area contributed by atoms with Crippen molar-refractivity contribution in [2.45, 2.75) is 24.3 Å². The molecule has 5 nitrogen and oxygen atoms in total. The van der Waals surface area contributed by atoms with Gasteiger partial charge in [0.05, 0.1) is 4.90 Å². The third kappa shape index (κ3) is 3.84. The molecule has 0 amide bonds. The third-order valence-corrected chi connectivity index (χ3v) is 6.86. The molecular weight excluding hydrogens is 385 g/mol. The average Bonchev–Trinajstić information content (AvgIpc) is 3.07. The fraction of sp³-hybridized carbons (Fsp3) is 0.136. The number of aryl methyl sites for hydroxylation is 1. The average molecular weight is 405 g/mol. The van der Waals surface area contributed by atoms with E-state index in [1.165, 1.54) is 4.22 Å². The molecule has 0 spiro atoms. The van der Waals surface area contributed by atoms with Crippen molar-refractivity contribution in [1.82, 2.24) is 4.22 Å². The van der Waals surface area contributed by atoms with E-state index < -0.39 is 29.1 Å². The lowest BCUT2D eigenvalue weighted by atomic mass is 9.74. The second-order valence-corrected chi connectivity index (χ2v) is 8.90. The van der Waals surface area contributed by atoms with Crippen molar-refractivity contribution in [3.05, 3.63) is 96.1 Å². The maximum Gasteiger partial charge on any atom is 0.502 e. The van der Waals surface area contributed by atoms with Gasteiger partial charge in [-0.3, -0.25) is 4.79 Å². The summed E-state index contributed by atoms with van der Waals surface area (Å²) in [7, 11) is -4.96. The number of benzene rings is 3. The molecule has 4 rings (SSSR count). The number of carbonyl (C=O) groups is 1. The molecule has 1 heterocycles. The summed E-state index contributed by atoms with van der Waals surface area (Å²) in [5.74, 6) is -0.543. The smallest absolute Gasteiger partial charge is 0.502 e. The van der Waals surface area contributed by atoms with Crippen LogP contribution in [0.5, 0.6) is 0 Å². The van der Waals surface area contributed by atoms with Crippen molar-refractivity contribution in [2.24, 2.45) is 0 Å². The largest absolute Gasteiger partial charge is 0.514 e. The van der Waals surface area contributed by atoms with Gasteiger partial charge in [0, 0.05) is 0 Å². The van der Waals surface area contributed by atoms with Crippen LogP contribution in [0.2, 0.25) is 0 Å². The van der Waals surface area contributed by atoms with Crippen LogP contribution >= 0.6 is 0 Å². The number of carbonyl (C=O) groups excluding carboxylic acids is 1. The minimum absolute atomic E-state index is 0.139. The first-order valence-electron chi connectivity index (χ1n) is 9.36. The number of rotatable bonds is 5. The maximum atomic E-state index is 13.6. The highest BCUT2D eigenvalue weighted by Gasteiger charge is 2.53. The van der Waals surface area contributed by atoms with E-state index in [1.54, 1.807) is 48.5 Å². The molecule has 0 N–H and O–H groups in total. The van der Waals surface area contributed by atoms with Gasteiger partial charge in [0.2, 0.25) is 10.0 Å². The predicted molar refractivity (Wildman–Crippen MR) is 112 cm³/mol. The van der Waals surface area contributed by atoms with E-state index in [2.05, 4.69) is 0 Å². The highest BCUT2D eigenvalue weighted by Crippen LogP contribution is 2.28. The summed E-state index contributed by atoms with van der Waals surface area (Å²) in [6, 6.07) is 24.0. The van der Waals surface area contributed by atoms with E-state index in [9.17, 15) is 13.2 Å². The van der Waals surface area contributed by atoms with Gasteiger partial charge in [-0.1, -0.05) is 78.4 Å². The summed E-state index contributed by atoms with van der Waals surface area (Å²) in [6.45, 7) is 1.89. The third-order valence-electron chi connectivity index (χ3n) is 4.99. The minimum Gasteiger partial charge on any atom is -0.514 e. The van der Waals surface area contributed by atoms with Crippen LogP contribution in [-0.4, -0.2) is 31.7 Å². The van der Waals surface area contributed by atoms with Crippen molar-refractivity contribution in [1.29, 1.82) is 0 Å². The molecule has 1 fully saturated rings. The van der Waals surface area contributed by atoms with Crippen LogP contribution in [-0.2, 0) is 25.9 Å². The molecule has 3 aromatic rings. The number of hydrogen-bond donors (Lipinski definition) is 0. The highest BCUT2D eigenvalue weighted by molar-refractivity contribution is 7.90. The second kappa shape index (κ2) is 7.85. The summed E-state index contributed by atoms with van der Waals surface area (Å²) in [4.78, 5) is 12.9. The Kier molecular flexibility index (Phi) is 5.26. The second-order valence-electron chi connectivity index (χ2n) is 7.05. The van der Waals surface area contributed by atoms with Gasteiger partial charge in [0.1, 0.15) is 6.04 Å². The number of hydrogen-bond acceptors (Lipinski definition) is 4. The summed E-state index contributed by atoms with van der Waals surface area (Å²) in [5, 5.41) is 0. The number of sulfonamides is 1. The van der Waals surface area contributed by atoms with E-state index in [-0.39, 0.29) is 11.3 Å². The molecular formula is C22H20BNO4S. The Morgan fingerprint density at radius 3 is 2.10 bits per heavy atom. The van der Waals surface area contributed by atoms with Crippen LogP contribution in [0, 0.1) is 6.92 Å². The van der Waals surface area contributed by atoms with Crippen LogP contribution in [0.4, 0.5) is 0 Å². The van der Waals surface area contributed by atoms with Gasteiger partial charge in [-0.25, -0.2) is 8.42 Å². The molecule has 146 valence electrons. The van der Waals surface area contributed by atoms with Crippen LogP contribution in [0.15, 0.2) is 89.8 Å². The van der Waals surface area contributed by atoms with Gasteiger partial charge in [0.25, 0.3) is 0 Å². The Morgan fingerprint density at radius 2 is 1.48 bits per heavy atom. The first-order chi connectivity index (χ1) is 14.0. The lowest BCUT2D eigenvalue weighted by molar-refractivity contribution is -0.134. The molecule has 29 heavy (non-hydrogen) atoms. The van der Waals surface area contributed by atoms with E-state index in [0.717, 1.165) is 11.1 Å². The van der Waals surface area contributed by atoms with Crippen LogP contribution in [0.3, 0.4) is 0 Å². The number of nitrogens with zero attached hydrogens (tertiary/aromatic N) is 1. The van der Waals surface area contributed by atoms with Gasteiger partial charge in [-0.15, -0.1) is 0 Å². The van der Waals surface area contributed by atoms with Crippen LogP contribution in [0.25, 0.3) is 0 Å². The van der Waals surface area contributed by atoms with Crippen molar-refractivity contribution in [3.8, 4) is 0 Å². The van der Waals surface area contributed by atoms with Gasteiger partial charge < -0.3 is 4.65 Å². The zero-order valence-electron chi connectivity index (χ0n) is 15.9. The van der Waals surface area contributed by atoms with E-state index in [1.807, 2.05) is 43.3 Å². The van der Waals surface area contributed by atoms with Gasteiger partial charge in [0.15, 0.2) is 0 Å². The molecule has 0 bridgehead atoms. The molecule has 0 aromatic heterocycles. The maximum absolute atomic E-state index is 13.6. The van der Waals surface area contributed by atoms with Crippen LogP contribution in [0.1, 0.15) is 11.1 Å². The monoisotopic (exact) mass is 405 g/mol. The standard InChI is InChI=1S/C22H20BNO4S/c1-17-12-14-20(15-13-17)29(26,27)24-21(16-18-8-4-2-5-9-18)22(25)28-23(24)19-10-6-3-7-11-19/h2-15,21H,16H2,1H3/t21-/m0/s1. The van der Waals surface area contributed by atoms with E-state index >= 15 is 0 Å². The van der Waals surface area contributed by atoms with Crippen molar-refractivity contribution < 1.29 is 17.9 Å². The molecule has 0 radical (unpaired) electrons. The highest BCUT2D eigenvalue weighted by atomic mass is 32.2. The Balaban J connectivity index is 1.79. The van der Waals surface area contributed by atoms with Crippen LogP contribution < -0.4 is 5.46 Å². The first-order valence-corrected chi connectivity index (χ1v) is 10.8. The zero-order valence-corrected chi connectivity index (χ0v) is 16.7. The van der Waals surface area contributed by atoms with Crippen molar-refractivity contribution >= 4 is 28.5 Å². The van der Waals surface area contributed by atoms with Gasteiger partial charge >= 0.3 is 13.0 Å². The lowest BCUT2D eigenvalue weighted by Gasteiger charge is -2.24. The summed E-state index contributed by atoms with van der Waals surface area (Å²) in [6.07, 6.45) is 0.244. The van der Waals surface area contributed by atoms with Crippen molar-refractivity contribution in [2.75, 3.05) is 0 Å². The molecule has 1 saturated heterocycles. The zero-order chi connectivity index (χ0) is 20.4. The van der Waals surface area contributed by atoms with E-state index in [0.29, 0.717) is 5.46 Å². The molecule has 1 atom stereocenters. The van der Waals surface area contributed by atoms with Gasteiger partial charge in [-0.05, 0) is 36.5 Å². The van der Waals surface area contributed by atoms with Gasteiger partial charge in [-0.2, -0.15) is 4.22 Å². The summed E-state index contributed by atoms with van der Waals surface area (Å²) >= 11 is 0. The summed E-state index contributed by atoms with van der Waals surface area (Å²) < 4.78 is 33.9. The Morgan fingerprint density at radius 1 is 0.897 bits per heavy atom. The molecule has 0 saturated carbocycles. The molecule has 0 unspecified atom stereocenters.